The van der Waals surface area contributed by atoms with E-state index in [-0.39, 0.29) is 10.5 Å². The first-order valence-electron chi connectivity index (χ1n) is 11.4. The number of hydrogen-bond donors (Lipinski definition) is 1. The summed E-state index contributed by atoms with van der Waals surface area (Å²) in [7, 11) is -2.16. The molecule has 34 heavy (non-hydrogen) atoms. The number of nitrogens with zero attached hydrogens (tertiary/aromatic N) is 3. The van der Waals surface area contributed by atoms with Gasteiger partial charge in [0.15, 0.2) is 0 Å². The molecule has 3 aromatic carbocycles. The van der Waals surface area contributed by atoms with Gasteiger partial charge in [0.2, 0.25) is 0 Å². The second-order valence-electron chi connectivity index (χ2n) is 8.52. The molecule has 0 radical (unpaired) electrons. The predicted octanol–water partition coefficient (Wildman–Crippen LogP) is 4.39. The highest BCUT2D eigenvalue weighted by Gasteiger charge is 2.21. The lowest BCUT2D eigenvalue weighted by Gasteiger charge is -2.31. The molecule has 174 valence electrons. The Bertz CT molecular complexity index is 1510. The van der Waals surface area contributed by atoms with Crippen LogP contribution in [0.15, 0.2) is 82.5 Å². The van der Waals surface area contributed by atoms with E-state index in [0.29, 0.717) is 16.8 Å². The molecule has 0 amide bonds. The smallest absolute Gasteiger partial charge is 0.274 e. The van der Waals surface area contributed by atoms with Crippen LogP contribution in [-0.2, 0) is 17.1 Å². The first-order valence-corrected chi connectivity index (χ1v) is 12.9. The maximum Gasteiger partial charge on any atom is 0.274 e. The van der Waals surface area contributed by atoms with Gasteiger partial charge in [-0.2, -0.15) is 5.10 Å². The molecule has 1 fully saturated rings. The molecule has 0 spiro atoms. The summed E-state index contributed by atoms with van der Waals surface area (Å²) >= 11 is 0. The maximum absolute atomic E-state index is 13.2. The van der Waals surface area contributed by atoms with Crippen LogP contribution in [0.1, 0.15) is 19.3 Å². The van der Waals surface area contributed by atoms with Gasteiger partial charge in [-0.25, -0.2) is 13.1 Å². The number of benzene rings is 3. The van der Waals surface area contributed by atoms with Crippen molar-refractivity contribution in [2.75, 3.05) is 22.7 Å². The molecule has 0 saturated carbocycles. The fourth-order valence-electron chi connectivity index (χ4n) is 4.49. The van der Waals surface area contributed by atoms with Crippen LogP contribution in [0.25, 0.3) is 22.0 Å². The Morgan fingerprint density at radius 2 is 1.53 bits per heavy atom. The van der Waals surface area contributed by atoms with Crippen molar-refractivity contribution in [3.63, 3.8) is 0 Å². The van der Waals surface area contributed by atoms with Crippen LogP contribution in [0.5, 0.6) is 0 Å². The fraction of sp³-hybridized carbons (Fsp3) is 0.231. The normalized spacial score (nSPS) is 14.3. The van der Waals surface area contributed by atoms with Gasteiger partial charge in [0.1, 0.15) is 0 Å². The third kappa shape index (κ3) is 4.17. The quantitative estimate of drug-likeness (QED) is 0.464. The zero-order valence-electron chi connectivity index (χ0n) is 18.9. The zero-order valence-corrected chi connectivity index (χ0v) is 19.8. The van der Waals surface area contributed by atoms with Crippen LogP contribution in [0.4, 0.5) is 11.4 Å². The van der Waals surface area contributed by atoms with Gasteiger partial charge < -0.3 is 4.90 Å². The lowest BCUT2D eigenvalue weighted by molar-refractivity contribution is 0.578. The van der Waals surface area contributed by atoms with Gasteiger partial charge in [-0.1, -0.05) is 42.5 Å². The Morgan fingerprint density at radius 3 is 2.26 bits per heavy atom. The number of rotatable bonds is 5. The van der Waals surface area contributed by atoms with Gasteiger partial charge in [-0.3, -0.25) is 9.52 Å². The van der Waals surface area contributed by atoms with Crippen molar-refractivity contribution in [2.45, 2.75) is 24.2 Å². The minimum Gasteiger partial charge on any atom is -0.370 e. The Morgan fingerprint density at radius 1 is 0.853 bits per heavy atom. The molecule has 1 aliphatic heterocycles. The first kappa shape index (κ1) is 22.2. The van der Waals surface area contributed by atoms with Crippen LogP contribution < -0.4 is 15.2 Å². The third-order valence-corrected chi connectivity index (χ3v) is 7.60. The number of aryl methyl sites for hydroxylation is 1. The standard InChI is InChI=1S/C26H26N4O3S/c1-29-26(31)22-13-7-6-12-21(22)25(27-29)19-14-15-24(30-16-8-3-9-17-30)23(18-19)28-34(32,33)20-10-4-2-5-11-20/h2,4-7,10-15,18,28H,3,8-9,16-17H2,1H3. The average Bonchev–Trinajstić information content (AvgIpc) is 2.87. The molecular formula is C26H26N4O3S. The van der Waals surface area contributed by atoms with E-state index in [1.165, 1.54) is 11.1 Å². The molecule has 1 saturated heterocycles. The van der Waals surface area contributed by atoms with E-state index in [1.54, 1.807) is 43.4 Å². The SMILES string of the molecule is Cn1nc(-c2ccc(N3CCCCC3)c(NS(=O)(=O)c3ccccc3)c2)c2ccccc2c1=O. The molecule has 1 aliphatic rings. The summed E-state index contributed by atoms with van der Waals surface area (Å²) in [5.41, 5.74) is 2.54. The van der Waals surface area contributed by atoms with Gasteiger partial charge in [-0.05, 0) is 49.6 Å². The highest BCUT2D eigenvalue weighted by Crippen LogP contribution is 2.35. The average molecular weight is 475 g/mol. The molecule has 0 atom stereocenters. The highest BCUT2D eigenvalue weighted by atomic mass is 32.2. The summed E-state index contributed by atoms with van der Waals surface area (Å²) in [5, 5.41) is 5.82. The van der Waals surface area contributed by atoms with E-state index < -0.39 is 10.0 Å². The fourth-order valence-corrected chi connectivity index (χ4v) is 5.58. The van der Waals surface area contributed by atoms with E-state index in [0.717, 1.165) is 42.6 Å². The summed E-state index contributed by atoms with van der Waals surface area (Å²) in [6.07, 6.45) is 3.31. The summed E-state index contributed by atoms with van der Waals surface area (Å²) < 4.78 is 30.6. The molecule has 2 heterocycles. The summed E-state index contributed by atoms with van der Waals surface area (Å²) in [4.78, 5) is 15.0. The van der Waals surface area contributed by atoms with E-state index in [9.17, 15) is 13.2 Å². The van der Waals surface area contributed by atoms with Crippen LogP contribution in [0.3, 0.4) is 0 Å². The van der Waals surface area contributed by atoms with Crippen molar-refractivity contribution in [1.29, 1.82) is 0 Å². The van der Waals surface area contributed by atoms with E-state index >= 15 is 0 Å². The number of sulfonamides is 1. The van der Waals surface area contributed by atoms with E-state index in [4.69, 9.17) is 0 Å². The molecule has 7 nitrogen and oxygen atoms in total. The predicted molar refractivity (Wildman–Crippen MR) is 136 cm³/mol. The van der Waals surface area contributed by atoms with Crippen LogP contribution in [0.2, 0.25) is 0 Å². The second-order valence-corrected chi connectivity index (χ2v) is 10.2. The van der Waals surface area contributed by atoms with E-state index in [2.05, 4.69) is 14.7 Å². The molecule has 0 aliphatic carbocycles. The van der Waals surface area contributed by atoms with Crippen LogP contribution >= 0.6 is 0 Å². The minimum atomic E-state index is -3.78. The zero-order chi connectivity index (χ0) is 23.7. The summed E-state index contributed by atoms with van der Waals surface area (Å²) in [5.74, 6) is 0. The Labute approximate surface area is 198 Å². The van der Waals surface area contributed by atoms with Crippen LogP contribution in [0, 0.1) is 0 Å². The Hall–Kier alpha value is -3.65. The van der Waals surface area contributed by atoms with Crippen molar-refractivity contribution in [2.24, 2.45) is 7.05 Å². The van der Waals surface area contributed by atoms with Crippen molar-refractivity contribution in [3.05, 3.63) is 83.2 Å². The molecule has 0 bridgehead atoms. The van der Waals surface area contributed by atoms with Gasteiger partial charge >= 0.3 is 0 Å². The van der Waals surface area contributed by atoms with Crippen molar-refractivity contribution in [1.82, 2.24) is 9.78 Å². The molecule has 1 aromatic heterocycles. The molecule has 0 unspecified atom stereocenters. The Kier molecular flexibility index (Phi) is 5.83. The Balaban J connectivity index is 1.66. The van der Waals surface area contributed by atoms with Crippen LogP contribution in [-0.4, -0.2) is 31.3 Å². The number of hydrogen-bond acceptors (Lipinski definition) is 5. The summed E-state index contributed by atoms with van der Waals surface area (Å²) in [6.45, 7) is 1.75. The topological polar surface area (TPSA) is 84.3 Å². The number of fused-ring (bicyclic) bond motifs is 1. The van der Waals surface area contributed by atoms with Gasteiger partial charge in [0.25, 0.3) is 15.6 Å². The second kappa shape index (κ2) is 8.95. The van der Waals surface area contributed by atoms with Crippen molar-refractivity contribution in [3.8, 4) is 11.3 Å². The minimum absolute atomic E-state index is 0.172. The first-order chi connectivity index (χ1) is 16.4. The summed E-state index contributed by atoms with van der Waals surface area (Å²) in [6, 6.07) is 21.4. The largest absolute Gasteiger partial charge is 0.370 e. The van der Waals surface area contributed by atoms with Crippen molar-refractivity contribution < 1.29 is 8.42 Å². The lowest BCUT2D eigenvalue weighted by Crippen LogP contribution is -2.30. The van der Waals surface area contributed by atoms with Gasteiger partial charge in [0, 0.05) is 31.1 Å². The lowest BCUT2D eigenvalue weighted by atomic mass is 10.0. The highest BCUT2D eigenvalue weighted by molar-refractivity contribution is 7.92. The van der Waals surface area contributed by atoms with E-state index in [1.807, 2.05) is 36.4 Å². The molecule has 1 N–H and O–H groups in total. The van der Waals surface area contributed by atoms with Gasteiger partial charge in [-0.15, -0.1) is 0 Å². The molecule has 4 aromatic rings. The molecular weight excluding hydrogens is 448 g/mol. The number of nitrogens with one attached hydrogen (secondary N) is 1. The third-order valence-electron chi connectivity index (χ3n) is 6.22. The maximum atomic E-state index is 13.2. The molecule has 5 rings (SSSR count). The molecule has 8 heteroatoms. The van der Waals surface area contributed by atoms with Crippen molar-refractivity contribution >= 4 is 32.2 Å². The number of aromatic nitrogens is 2. The van der Waals surface area contributed by atoms with Gasteiger partial charge in [0.05, 0.1) is 27.4 Å². The number of anilines is 2. The number of piperidine rings is 1. The monoisotopic (exact) mass is 474 g/mol.